The third-order valence-electron chi connectivity index (χ3n) is 6.48. The first-order valence-electron chi connectivity index (χ1n) is 11.7. The van der Waals surface area contributed by atoms with Gasteiger partial charge in [0.25, 0.3) is 10.0 Å². The minimum absolute atomic E-state index is 0.0390. The number of halogens is 4. The molecule has 1 unspecified atom stereocenters. The van der Waals surface area contributed by atoms with Crippen molar-refractivity contribution in [2.45, 2.75) is 43.8 Å². The Hall–Kier alpha value is -3.64. The van der Waals surface area contributed by atoms with Gasteiger partial charge in [0, 0.05) is 35.1 Å². The molecule has 1 aromatic carbocycles. The fourth-order valence-corrected chi connectivity index (χ4v) is 5.83. The van der Waals surface area contributed by atoms with Crippen LogP contribution in [0.25, 0.3) is 22.2 Å². The maximum atomic E-state index is 13.5. The Bertz CT molecular complexity index is 1650. The highest BCUT2D eigenvalue weighted by molar-refractivity contribution is 7.90. The molecule has 0 bridgehead atoms. The van der Waals surface area contributed by atoms with Crippen LogP contribution >= 0.6 is 11.6 Å². The smallest absolute Gasteiger partial charge is 0.369 e. The molecule has 0 aliphatic heterocycles. The summed E-state index contributed by atoms with van der Waals surface area (Å²) in [6.45, 7) is 4.74. The van der Waals surface area contributed by atoms with Gasteiger partial charge in [-0.2, -0.15) is 13.2 Å². The number of primary amides is 1. The lowest BCUT2D eigenvalue weighted by molar-refractivity contribution is -0.157. The van der Waals surface area contributed by atoms with E-state index >= 15 is 0 Å². The second-order valence-electron chi connectivity index (χ2n) is 9.55. The number of fused-ring (bicyclic) bond motifs is 1. The average molecular weight is 580 g/mol. The number of carbonyl (C=O) groups is 1. The van der Waals surface area contributed by atoms with E-state index in [0.29, 0.717) is 16.5 Å². The molecule has 39 heavy (non-hydrogen) atoms. The van der Waals surface area contributed by atoms with Crippen molar-refractivity contribution in [2.24, 2.45) is 11.7 Å². The standard InChI is InChI=1S/C26H25ClF3N5O3S/c1-15(2)25(24(31)36,14-26(28,29)30)34-19-8-17(10-32-12-19)22-13-35(23-21(22)9-18(27)11-33-23)39(37,38)20-6-4-16(3)5-7-20/h4-13,15,34H,14H2,1-3H3,(H2,31,36). The zero-order valence-corrected chi connectivity index (χ0v) is 22.7. The lowest BCUT2D eigenvalue weighted by Gasteiger charge is -2.37. The Morgan fingerprint density at radius 3 is 2.38 bits per heavy atom. The number of hydrogen-bond acceptors (Lipinski definition) is 6. The molecule has 206 valence electrons. The summed E-state index contributed by atoms with van der Waals surface area (Å²) in [4.78, 5) is 20.7. The SMILES string of the molecule is Cc1ccc(S(=O)(=O)n2cc(-c3cncc(NC(CC(F)(F)F)(C(N)=O)C(C)C)c3)c3cc(Cl)cnc32)cc1. The van der Waals surface area contributed by atoms with E-state index in [1.165, 1.54) is 62.9 Å². The number of aryl methyl sites for hydroxylation is 1. The van der Waals surface area contributed by atoms with Gasteiger partial charge in [0.15, 0.2) is 5.65 Å². The summed E-state index contributed by atoms with van der Waals surface area (Å²) in [5.41, 5.74) is 5.09. The van der Waals surface area contributed by atoms with Crippen LogP contribution in [0.2, 0.25) is 5.02 Å². The molecular formula is C26H25ClF3N5O3S. The minimum atomic E-state index is -4.68. The number of hydrogen-bond donors (Lipinski definition) is 2. The van der Waals surface area contributed by atoms with Crippen LogP contribution in [0, 0.1) is 12.8 Å². The number of nitrogens with two attached hydrogens (primary N) is 1. The van der Waals surface area contributed by atoms with E-state index in [-0.39, 0.29) is 21.3 Å². The van der Waals surface area contributed by atoms with Crippen molar-refractivity contribution in [3.63, 3.8) is 0 Å². The van der Waals surface area contributed by atoms with Crippen molar-refractivity contribution in [1.29, 1.82) is 0 Å². The highest BCUT2D eigenvalue weighted by Gasteiger charge is 2.49. The molecular weight excluding hydrogens is 555 g/mol. The third-order valence-corrected chi connectivity index (χ3v) is 8.35. The number of anilines is 1. The lowest BCUT2D eigenvalue weighted by atomic mass is 9.82. The van der Waals surface area contributed by atoms with Gasteiger partial charge < -0.3 is 11.1 Å². The van der Waals surface area contributed by atoms with Gasteiger partial charge in [0.1, 0.15) is 5.54 Å². The van der Waals surface area contributed by atoms with Crippen molar-refractivity contribution >= 4 is 44.3 Å². The van der Waals surface area contributed by atoms with E-state index in [1.807, 2.05) is 6.92 Å². The monoisotopic (exact) mass is 579 g/mol. The topological polar surface area (TPSA) is 120 Å². The Kier molecular flexibility index (Phi) is 7.39. The molecule has 0 aliphatic carbocycles. The van der Waals surface area contributed by atoms with Gasteiger partial charge in [-0.3, -0.25) is 9.78 Å². The fourth-order valence-electron chi connectivity index (χ4n) is 4.35. The summed E-state index contributed by atoms with van der Waals surface area (Å²) in [6, 6.07) is 9.29. The van der Waals surface area contributed by atoms with Gasteiger partial charge in [0.05, 0.1) is 28.2 Å². The van der Waals surface area contributed by atoms with Crippen LogP contribution in [0.1, 0.15) is 25.8 Å². The van der Waals surface area contributed by atoms with Crippen molar-refractivity contribution in [2.75, 3.05) is 5.32 Å². The van der Waals surface area contributed by atoms with Crippen molar-refractivity contribution in [1.82, 2.24) is 13.9 Å². The van der Waals surface area contributed by atoms with Gasteiger partial charge in [-0.05, 0) is 37.1 Å². The first-order chi connectivity index (χ1) is 18.1. The van der Waals surface area contributed by atoms with Gasteiger partial charge in [-0.1, -0.05) is 43.1 Å². The van der Waals surface area contributed by atoms with Crippen LogP contribution in [0.4, 0.5) is 18.9 Å². The van der Waals surface area contributed by atoms with E-state index in [4.69, 9.17) is 17.3 Å². The largest absolute Gasteiger partial charge is 0.391 e. The molecule has 1 amide bonds. The lowest BCUT2D eigenvalue weighted by Crippen LogP contribution is -2.56. The molecule has 8 nitrogen and oxygen atoms in total. The first-order valence-corrected chi connectivity index (χ1v) is 13.5. The number of alkyl halides is 3. The summed E-state index contributed by atoms with van der Waals surface area (Å²) < 4.78 is 68.5. The van der Waals surface area contributed by atoms with E-state index in [9.17, 15) is 26.4 Å². The van der Waals surface area contributed by atoms with Crippen LogP contribution in [0.3, 0.4) is 0 Å². The van der Waals surface area contributed by atoms with Crippen molar-refractivity contribution in [3.8, 4) is 11.1 Å². The highest BCUT2D eigenvalue weighted by atomic mass is 35.5. The average Bonchev–Trinajstić information content (AvgIpc) is 3.22. The molecule has 0 saturated heterocycles. The molecule has 0 radical (unpaired) electrons. The summed E-state index contributed by atoms with van der Waals surface area (Å²) in [5.74, 6) is -2.00. The molecule has 0 fully saturated rings. The number of pyridine rings is 2. The maximum absolute atomic E-state index is 13.5. The normalized spacial score (nSPS) is 13.9. The quantitative estimate of drug-likeness (QED) is 0.283. The molecule has 3 aromatic heterocycles. The van der Waals surface area contributed by atoms with Gasteiger partial charge >= 0.3 is 6.18 Å². The number of nitrogens with one attached hydrogen (secondary N) is 1. The highest BCUT2D eigenvalue weighted by Crippen LogP contribution is 2.38. The fraction of sp³-hybridized carbons (Fsp3) is 0.269. The van der Waals surface area contributed by atoms with Crippen molar-refractivity contribution < 1.29 is 26.4 Å². The van der Waals surface area contributed by atoms with Gasteiger partial charge in [-0.25, -0.2) is 17.4 Å². The molecule has 0 saturated carbocycles. The van der Waals surface area contributed by atoms with Crippen LogP contribution < -0.4 is 11.1 Å². The summed E-state index contributed by atoms with van der Waals surface area (Å²) in [7, 11) is -4.08. The van der Waals surface area contributed by atoms with E-state index in [2.05, 4.69) is 15.3 Å². The van der Waals surface area contributed by atoms with Crippen molar-refractivity contribution in [3.05, 3.63) is 71.8 Å². The zero-order chi connectivity index (χ0) is 28.8. The molecule has 0 spiro atoms. The van der Waals surface area contributed by atoms with E-state index in [0.717, 1.165) is 9.54 Å². The Balaban J connectivity index is 1.86. The molecule has 0 aliphatic rings. The predicted octanol–water partition coefficient (Wildman–Crippen LogP) is 5.54. The molecule has 3 heterocycles. The minimum Gasteiger partial charge on any atom is -0.369 e. The predicted molar refractivity (Wildman–Crippen MR) is 143 cm³/mol. The number of rotatable bonds is 8. The number of nitrogens with zero attached hydrogens (tertiary/aromatic N) is 3. The second kappa shape index (κ2) is 10.2. The van der Waals surface area contributed by atoms with Crippen LogP contribution in [0.15, 0.2) is 66.1 Å². The zero-order valence-electron chi connectivity index (χ0n) is 21.1. The number of aromatic nitrogens is 3. The molecule has 13 heteroatoms. The summed E-state index contributed by atoms with van der Waals surface area (Å²) >= 11 is 6.18. The Morgan fingerprint density at radius 2 is 1.79 bits per heavy atom. The van der Waals surface area contributed by atoms with Gasteiger partial charge in [0.2, 0.25) is 5.91 Å². The van der Waals surface area contributed by atoms with Crippen LogP contribution in [0.5, 0.6) is 0 Å². The molecule has 3 N–H and O–H groups in total. The van der Waals surface area contributed by atoms with E-state index in [1.54, 1.807) is 12.1 Å². The summed E-state index contributed by atoms with van der Waals surface area (Å²) in [6.07, 6.45) is -0.847. The molecule has 4 rings (SSSR count). The van der Waals surface area contributed by atoms with E-state index < -0.39 is 40.0 Å². The number of amides is 1. The first kappa shape index (κ1) is 28.4. The molecule has 1 atom stereocenters. The Labute approximate surface area is 228 Å². The third kappa shape index (κ3) is 5.57. The van der Waals surface area contributed by atoms with Crippen LogP contribution in [-0.2, 0) is 14.8 Å². The summed E-state index contributed by atoms with van der Waals surface area (Å²) in [5, 5.41) is 3.28. The second-order valence-corrected chi connectivity index (χ2v) is 11.8. The molecule has 4 aromatic rings. The Morgan fingerprint density at radius 1 is 1.13 bits per heavy atom. The van der Waals surface area contributed by atoms with Crippen LogP contribution in [-0.4, -0.2) is 40.0 Å². The van der Waals surface area contributed by atoms with Gasteiger partial charge in [-0.15, -0.1) is 0 Å². The maximum Gasteiger partial charge on any atom is 0.391 e. The number of carbonyl (C=O) groups excluding carboxylic acids is 1. The number of benzene rings is 1.